The first-order valence-corrected chi connectivity index (χ1v) is 7.57. The molecule has 0 N–H and O–H groups in total. The van der Waals surface area contributed by atoms with E-state index in [1.54, 1.807) is 0 Å². The topological polar surface area (TPSA) is 78.9 Å². The number of rotatable bonds is 6. The van der Waals surface area contributed by atoms with Gasteiger partial charge in [-0.3, -0.25) is 14.4 Å². The van der Waals surface area contributed by atoms with Crippen LogP contribution in [0.1, 0.15) is 33.1 Å². The van der Waals surface area contributed by atoms with Gasteiger partial charge in [0.25, 0.3) is 0 Å². The molecule has 0 aliphatic heterocycles. The van der Waals surface area contributed by atoms with Gasteiger partial charge in [0.2, 0.25) is 0 Å². The summed E-state index contributed by atoms with van der Waals surface area (Å²) in [5.41, 5.74) is 1.48. The number of ether oxygens (including phenoxy) is 3. The Labute approximate surface area is 136 Å². The summed E-state index contributed by atoms with van der Waals surface area (Å²) >= 11 is 0. The third-order valence-corrected chi connectivity index (χ3v) is 3.73. The van der Waals surface area contributed by atoms with Crippen molar-refractivity contribution in [2.24, 2.45) is 11.8 Å². The molecule has 0 aromatic carbocycles. The van der Waals surface area contributed by atoms with E-state index in [1.165, 1.54) is 21.0 Å². The largest absolute Gasteiger partial charge is 0.469 e. The second-order valence-corrected chi connectivity index (χ2v) is 5.60. The third kappa shape index (κ3) is 6.26. The van der Waals surface area contributed by atoms with Crippen LogP contribution < -0.4 is 0 Å². The van der Waals surface area contributed by atoms with Gasteiger partial charge in [-0.05, 0) is 25.2 Å². The van der Waals surface area contributed by atoms with Crippen LogP contribution in [0.3, 0.4) is 0 Å². The molecule has 0 saturated heterocycles. The Hall–Kier alpha value is -2.11. The SMILES string of the molecule is C=C1CCC[C@@H](C=C(COC(C)=O)COC(C)=O)[C@H]1C(=O)OC. The number of hydrogen-bond acceptors (Lipinski definition) is 6. The maximum absolute atomic E-state index is 12.0. The molecule has 1 aliphatic carbocycles. The van der Waals surface area contributed by atoms with Gasteiger partial charge in [0.1, 0.15) is 13.2 Å². The first kappa shape index (κ1) is 18.9. The molecule has 23 heavy (non-hydrogen) atoms. The Morgan fingerprint density at radius 1 is 1.17 bits per heavy atom. The van der Waals surface area contributed by atoms with Crippen molar-refractivity contribution in [2.45, 2.75) is 33.1 Å². The van der Waals surface area contributed by atoms with Gasteiger partial charge in [-0.25, -0.2) is 0 Å². The number of esters is 3. The lowest BCUT2D eigenvalue weighted by Gasteiger charge is -2.30. The van der Waals surface area contributed by atoms with Crippen molar-refractivity contribution in [3.8, 4) is 0 Å². The molecule has 1 saturated carbocycles. The van der Waals surface area contributed by atoms with Crippen LogP contribution in [-0.4, -0.2) is 38.2 Å². The lowest BCUT2D eigenvalue weighted by Crippen LogP contribution is -2.29. The van der Waals surface area contributed by atoms with Crippen molar-refractivity contribution in [3.63, 3.8) is 0 Å². The zero-order valence-corrected chi connectivity index (χ0v) is 13.9. The number of hydrogen-bond donors (Lipinski definition) is 0. The van der Waals surface area contributed by atoms with Crippen molar-refractivity contribution in [3.05, 3.63) is 23.8 Å². The second-order valence-electron chi connectivity index (χ2n) is 5.60. The summed E-state index contributed by atoms with van der Waals surface area (Å²) in [6, 6.07) is 0. The second kappa shape index (κ2) is 9.12. The van der Waals surface area contributed by atoms with E-state index < -0.39 is 17.9 Å². The van der Waals surface area contributed by atoms with E-state index in [0.29, 0.717) is 5.57 Å². The Morgan fingerprint density at radius 3 is 2.22 bits per heavy atom. The molecule has 0 heterocycles. The molecule has 0 unspecified atom stereocenters. The minimum atomic E-state index is -0.420. The molecule has 6 heteroatoms. The highest BCUT2D eigenvalue weighted by Gasteiger charge is 2.33. The summed E-state index contributed by atoms with van der Waals surface area (Å²) in [6.45, 7) is 6.64. The summed E-state index contributed by atoms with van der Waals surface area (Å²) in [7, 11) is 1.35. The zero-order chi connectivity index (χ0) is 17.4. The lowest BCUT2D eigenvalue weighted by atomic mass is 9.75. The molecule has 0 bridgehead atoms. The Morgan fingerprint density at radius 2 is 1.74 bits per heavy atom. The van der Waals surface area contributed by atoms with Crippen LogP contribution in [0.5, 0.6) is 0 Å². The Kier molecular flexibility index (Phi) is 7.51. The number of carbonyl (C=O) groups is 3. The van der Waals surface area contributed by atoms with Crippen LogP contribution >= 0.6 is 0 Å². The van der Waals surface area contributed by atoms with Crippen LogP contribution in [-0.2, 0) is 28.6 Å². The van der Waals surface area contributed by atoms with E-state index in [4.69, 9.17) is 14.2 Å². The van der Waals surface area contributed by atoms with Gasteiger partial charge < -0.3 is 14.2 Å². The summed E-state index contributed by atoms with van der Waals surface area (Å²) < 4.78 is 14.8. The standard InChI is InChI=1S/C17H24O6/c1-11-6-5-7-15(16(11)17(20)21-4)8-14(9-22-12(2)18)10-23-13(3)19/h8,15-16H,1,5-7,9-10H2,2-4H3/t15-,16-/m0/s1. The minimum Gasteiger partial charge on any atom is -0.469 e. The Balaban J connectivity index is 2.94. The highest BCUT2D eigenvalue weighted by atomic mass is 16.5. The van der Waals surface area contributed by atoms with Crippen molar-refractivity contribution < 1.29 is 28.6 Å². The van der Waals surface area contributed by atoms with Crippen LogP contribution in [0, 0.1) is 11.8 Å². The molecule has 0 amide bonds. The average Bonchev–Trinajstić information content (AvgIpc) is 2.49. The van der Waals surface area contributed by atoms with Gasteiger partial charge in [0, 0.05) is 19.4 Å². The number of methoxy groups -OCH3 is 1. The van der Waals surface area contributed by atoms with Crippen LogP contribution in [0.15, 0.2) is 23.8 Å². The molecule has 0 radical (unpaired) electrons. The van der Waals surface area contributed by atoms with Gasteiger partial charge >= 0.3 is 17.9 Å². The number of allylic oxidation sites excluding steroid dienone is 1. The summed E-state index contributed by atoms with van der Waals surface area (Å²) in [5.74, 6) is -1.69. The smallest absolute Gasteiger partial charge is 0.313 e. The average molecular weight is 324 g/mol. The maximum atomic E-state index is 12.0. The quantitative estimate of drug-likeness (QED) is 0.423. The molecule has 128 valence electrons. The predicted molar refractivity (Wildman–Crippen MR) is 83.3 cm³/mol. The van der Waals surface area contributed by atoms with Crippen molar-refractivity contribution in [2.75, 3.05) is 20.3 Å². The van der Waals surface area contributed by atoms with Crippen molar-refractivity contribution >= 4 is 17.9 Å². The molecule has 0 spiro atoms. The van der Waals surface area contributed by atoms with Crippen LogP contribution in [0.25, 0.3) is 0 Å². The van der Waals surface area contributed by atoms with Gasteiger partial charge in [0.15, 0.2) is 0 Å². The van der Waals surface area contributed by atoms with Crippen molar-refractivity contribution in [1.29, 1.82) is 0 Å². The molecule has 0 aromatic rings. The van der Waals surface area contributed by atoms with E-state index in [2.05, 4.69) is 6.58 Å². The summed E-state index contributed by atoms with van der Waals surface area (Å²) in [6.07, 6.45) is 4.34. The minimum absolute atomic E-state index is 0.0273. The molecule has 1 fully saturated rings. The Bertz CT molecular complexity index is 477. The zero-order valence-electron chi connectivity index (χ0n) is 13.9. The predicted octanol–water partition coefficient (Wildman–Crippen LogP) is 2.18. The molecular weight excluding hydrogens is 300 g/mol. The molecule has 2 atom stereocenters. The molecule has 1 aliphatic rings. The van der Waals surface area contributed by atoms with Crippen molar-refractivity contribution in [1.82, 2.24) is 0 Å². The van der Waals surface area contributed by atoms with Crippen LogP contribution in [0.4, 0.5) is 0 Å². The van der Waals surface area contributed by atoms with E-state index in [9.17, 15) is 14.4 Å². The fraction of sp³-hybridized carbons (Fsp3) is 0.588. The summed E-state index contributed by atoms with van der Waals surface area (Å²) in [4.78, 5) is 34.0. The van der Waals surface area contributed by atoms with E-state index in [1.807, 2.05) is 6.08 Å². The van der Waals surface area contributed by atoms with E-state index in [0.717, 1.165) is 24.8 Å². The summed E-state index contributed by atoms with van der Waals surface area (Å²) in [5, 5.41) is 0. The number of carbonyl (C=O) groups excluding carboxylic acids is 3. The first-order valence-electron chi connectivity index (χ1n) is 7.57. The highest BCUT2D eigenvalue weighted by Crippen LogP contribution is 2.35. The molecular formula is C17H24O6. The lowest BCUT2D eigenvalue weighted by molar-refractivity contribution is -0.146. The normalized spacial score (nSPS) is 20.4. The van der Waals surface area contributed by atoms with Gasteiger partial charge in [-0.1, -0.05) is 18.2 Å². The fourth-order valence-electron chi connectivity index (χ4n) is 2.67. The maximum Gasteiger partial charge on any atom is 0.313 e. The molecule has 1 rings (SSSR count). The van der Waals surface area contributed by atoms with E-state index >= 15 is 0 Å². The first-order chi connectivity index (χ1) is 10.8. The molecule has 0 aromatic heterocycles. The van der Waals surface area contributed by atoms with Gasteiger partial charge in [-0.15, -0.1) is 0 Å². The highest BCUT2D eigenvalue weighted by molar-refractivity contribution is 5.76. The fourth-order valence-corrected chi connectivity index (χ4v) is 2.67. The third-order valence-electron chi connectivity index (χ3n) is 3.73. The van der Waals surface area contributed by atoms with Gasteiger partial charge in [0.05, 0.1) is 13.0 Å². The van der Waals surface area contributed by atoms with E-state index in [-0.39, 0.29) is 25.1 Å². The van der Waals surface area contributed by atoms with Crippen LogP contribution in [0.2, 0.25) is 0 Å². The monoisotopic (exact) mass is 324 g/mol. The molecule has 6 nitrogen and oxygen atoms in total. The van der Waals surface area contributed by atoms with Gasteiger partial charge in [-0.2, -0.15) is 0 Å².